The van der Waals surface area contributed by atoms with E-state index in [0.717, 1.165) is 0 Å². The quantitative estimate of drug-likeness (QED) is 0.392. The van der Waals surface area contributed by atoms with Crippen LogP contribution in [-0.2, 0) is 4.74 Å². The van der Waals surface area contributed by atoms with Crippen LogP contribution in [0.3, 0.4) is 0 Å². The van der Waals surface area contributed by atoms with E-state index in [2.05, 4.69) is 0 Å². The molecule has 0 saturated carbocycles. The third-order valence-corrected chi connectivity index (χ3v) is 3.81. The Hall–Kier alpha value is -0.910. The van der Waals surface area contributed by atoms with Crippen LogP contribution in [-0.4, -0.2) is 56.0 Å². The molecule has 0 bridgehead atoms. The van der Waals surface area contributed by atoms with Crippen molar-refractivity contribution in [3.05, 3.63) is 24.3 Å². The Labute approximate surface area is 140 Å². The molecular formula is C16H31O6P. The van der Waals surface area contributed by atoms with Crippen LogP contribution < -0.4 is 0 Å². The molecule has 7 heteroatoms. The molecule has 0 aliphatic carbocycles. The molecule has 136 valence electrons. The van der Waals surface area contributed by atoms with Gasteiger partial charge in [0.05, 0.1) is 12.5 Å². The van der Waals surface area contributed by atoms with E-state index in [-0.39, 0.29) is 32.5 Å². The summed E-state index contributed by atoms with van der Waals surface area (Å²) in [4.78, 5) is 0. The first-order chi connectivity index (χ1) is 10.9. The molecule has 1 aliphatic rings. The Kier molecular flexibility index (Phi) is 15.5. The summed E-state index contributed by atoms with van der Waals surface area (Å²) in [6, 6.07) is 5.70. The van der Waals surface area contributed by atoms with Crippen molar-refractivity contribution in [2.24, 2.45) is 0 Å². The highest BCUT2D eigenvalue weighted by Gasteiger charge is 2.34. The molecule has 0 aromatic heterocycles. The lowest BCUT2D eigenvalue weighted by molar-refractivity contribution is -0.107. The van der Waals surface area contributed by atoms with Gasteiger partial charge in [-0.15, -0.1) is 0 Å². The minimum absolute atomic E-state index is 0.0643. The predicted molar refractivity (Wildman–Crippen MR) is 94.2 cm³/mol. The molecule has 1 fully saturated rings. The lowest BCUT2D eigenvalue weighted by Crippen LogP contribution is -2.45. The number of aliphatic hydroxyl groups is 3. The minimum atomic E-state index is -0.936. The van der Waals surface area contributed by atoms with E-state index in [1.807, 2.05) is 34.6 Å². The first kappa shape index (κ1) is 24.3. The highest BCUT2D eigenvalue weighted by Crippen LogP contribution is 2.34. The van der Waals surface area contributed by atoms with Gasteiger partial charge in [-0.25, -0.2) is 0 Å². The highest BCUT2D eigenvalue weighted by molar-refractivity contribution is 7.39. The second kappa shape index (κ2) is 14.7. The van der Waals surface area contributed by atoms with Crippen LogP contribution in [0.25, 0.3) is 0 Å². The maximum atomic E-state index is 9.23. The number of ether oxygens (including phenoxy) is 1. The topological polar surface area (TPSA) is 110 Å². The molecule has 5 atom stereocenters. The molecule has 1 saturated heterocycles. The summed E-state index contributed by atoms with van der Waals surface area (Å²) in [5, 5.41) is 44.4. The van der Waals surface area contributed by atoms with E-state index < -0.39 is 18.1 Å². The van der Waals surface area contributed by atoms with Crippen LogP contribution in [0.5, 0.6) is 11.5 Å². The fourth-order valence-corrected chi connectivity index (χ4v) is 2.67. The van der Waals surface area contributed by atoms with Gasteiger partial charge in [0.25, 0.3) is 0 Å². The molecule has 1 aromatic carbocycles. The van der Waals surface area contributed by atoms with Gasteiger partial charge in [0.2, 0.25) is 0 Å². The van der Waals surface area contributed by atoms with Crippen LogP contribution in [0, 0.1) is 0 Å². The van der Waals surface area contributed by atoms with E-state index in [4.69, 9.17) is 20.1 Å². The number of phenols is 2. The van der Waals surface area contributed by atoms with Gasteiger partial charge < -0.3 is 30.3 Å². The van der Waals surface area contributed by atoms with Crippen molar-refractivity contribution in [3.8, 4) is 11.5 Å². The Morgan fingerprint density at radius 3 is 1.70 bits per heavy atom. The minimum Gasteiger partial charge on any atom is -0.508 e. The first-order valence-corrected chi connectivity index (χ1v) is 8.96. The lowest BCUT2D eigenvalue weighted by Gasteiger charge is -2.34. The molecule has 1 aromatic rings. The zero-order valence-electron chi connectivity index (χ0n) is 14.5. The summed E-state index contributed by atoms with van der Waals surface area (Å²) in [6.07, 6.45) is -1.56. The average molecular weight is 350 g/mol. The van der Waals surface area contributed by atoms with Gasteiger partial charge in [-0.3, -0.25) is 0 Å². The summed E-state index contributed by atoms with van der Waals surface area (Å²) in [7, 11) is 0.191. The Morgan fingerprint density at radius 2 is 1.35 bits per heavy atom. The normalized spacial score (nSPS) is 26.6. The Bertz CT molecular complexity index is 352. The molecule has 5 N–H and O–H groups in total. The van der Waals surface area contributed by atoms with Gasteiger partial charge >= 0.3 is 0 Å². The zero-order valence-corrected chi connectivity index (χ0v) is 15.5. The second-order valence-corrected chi connectivity index (χ2v) is 5.86. The van der Waals surface area contributed by atoms with E-state index in [1.165, 1.54) is 24.3 Å². The number of aromatic hydroxyl groups is 2. The lowest BCUT2D eigenvalue weighted by atomic mass is 10.2. The zero-order chi connectivity index (χ0) is 18.4. The molecular weight excluding hydrogens is 319 g/mol. The third-order valence-electron chi connectivity index (χ3n) is 2.52. The van der Waals surface area contributed by atoms with Gasteiger partial charge in [0, 0.05) is 0 Å². The molecule has 0 amide bonds. The largest absolute Gasteiger partial charge is 0.508 e. The smallest absolute Gasteiger partial charge is 0.115 e. The maximum absolute atomic E-state index is 9.23. The van der Waals surface area contributed by atoms with Crippen molar-refractivity contribution in [3.63, 3.8) is 0 Å². The predicted octanol–water partition coefficient (Wildman–Crippen LogP) is 2.23. The number of hydrogen-bond donors (Lipinski definition) is 5. The van der Waals surface area contributed by atoms with Crippen LogP contribution >= 0.6 is 8.58 Å². The SMILES string of the molecule is CC.CC.CC1OC(CO)C(O)C(O)P1.Oc1ccc(O)cc1. The van der Waals surface area contributed by atoms with Crippen LogP contribution in [0.4, 0.5) is 0 Å². The van der Waals surface area contributed by atoms with E-state index in [9.17, 15) is 10.2 Å². The average Bonchev–Trinajstić information content (AvgIpc) is 2.58. The first-order valence-electron chi connectivity index (χ1n) is 7.80. The Balaban J connectivity index is 0. The molecule has 23 heavy (non-hydrogen) atoms. The molecule has 5 unspecified atom stereocenters. The number of benzene rings is 1. The standard InChI is InChI=1S/C6H13O4P.C6H6O2.2C2H6/c1-3-10-4(2-7)5(8)6(9)11-3;7-5-1-2-6(8)4-3-5;2*1-2/h3-9,11H,2H2,1H3;1-4,7-8H;2*1-2H3. The number of aliphatic hydroxyl groups excluding tert-OH is 3. The van der Waals surface area contributed by atoms with E-state index >= 15 is 0 Å². The fourth-order valence-electron chi connectivity index (χ4n) is 1.53. The van der Waals surface area contributed by atoms with Crippen molar-refractivity contribution in [1.29, 1.82) is 0 Å². The second-order valence-electron chi connectivity index (χ2n) is 4.12. The monoisotopic (exact) mass is 350 g/mol. The summed E-state index contributed by atoms with van der Waals surface area (Å²) in [6.45, 7) is 9.57. The summed E-state index contributed by atoms with van der Waals surface area (Å²) in [5.41, 5.74) is 0. The fraction of sp³-hybridized carbons (Fsp3) is 0.625. The van der Waals surface area contributed by atoms with Gasteiger partial charge in [-0.2, -0.15) is 0 Å². The molecule has 1 heterocycles. The van der Waals surface area contributed by atoms with Crippen LogP contribution in [0.1, 0.15) is 34.6 Å². The molecule has 1 aliphatic heterocycles. The number of rotatable bonds is 1. The van der Waals surface area contributed by atoms with Crippen molar-refractivity contribution in [2.75, 3.05) is 6.61 Å². The van der Waals surface area contributed by atoms with Gasteiger partial charge in [-0.1, -0.05) is 36.3 Å². The summed E-state index contributed by atoms with van der Waals surface area (Å²) < 4.78 is 5.17. The van der Waals surface area contributed by atoms with Gasteiger partial charge in [0.1, 0.15) is 29.6 Å². The van der Waals surface area contributed by atoms with Crippen molar-refractivity contribution < 1.29 is 30.3 Å². The number of phenolic OH excluding ortho intramolecular Hbond substituents is 2. The summed E-state index contributed by atoms with van der Waals surface area (Å²) in [5.74, 6) is -0.466. The molecule has 6 nitrogen and oxygen atoms in total. The maximum Gasteiger partial charge on any atom is 0.115 e. The highest BCUT2D eigenvalue weighted by atomic mass is 31.1. The summed E-state index contributed by atoms with van der Waals surface area (Å²) >= 11 is 0. The van der Waals surface area contributed by atoms with E-state index in [1.54, 1.807) is 0 Å². The molecule has 2 rings (SSSR count). The number of hydrogen-bond acceptors (Lipinski definition) is 6. The Morgan fingerprint density at radius 1 is 0.957 bits per heavy atom. The van der Waals surface area contributed by atoms with Crippen LogP contribution in [0.2, 0.25) is 0 Å². The third kappa shape index (κ3) is 10.5. The van der Waals surface area contributed by atoms with Crippen molar-refractivity contribution in [2.45, 2.75) is 58.5 Å². The van der Waals surface area contributed by atoms with Gasteiger partial charge in [0.15, 0.2) is 0 Å². The molecule has 0 radical (unpaired) electrons. The van der Waals surface area contributed by atoms with Crippen LogP contribution in [0.15, 0.2) is 24.3 Å². The van der Waals surface area contributed by atoms with Gasteiger partial charge in [-0.05, 0) is 31.2 Å². The van der Waals surface area contributed by atoms with Crippen molar-refractivity contribution >= 4 is 8.58 Å². The molecule has 0 spiro atoms. The van der Waals surface area contributed by atoms with E-state index in [0.29, 0.717) is 0 Å². The van der Waals surface area contributed by atoms with Crippen molar-refractivity contribution in [1.82, 2.24) is 0 Å².